The van der Waals surface area contributed by atoms with Crippen molar-refractivity contribution in [2.75, 3.05) is 0 Å². The fourth-order valence-electron chi connectivity index (χ4n) is 3.54. The highest BCUT2D eigenvalue weighted by Crippen LogP contribution is 2.18. The zero-order chi connectivity index (χ0) is 22.1. The lowest BCUT2D eigenvalue weighted by molar-refractivity contribution is 0.733. The molecule has 0 aromatic heterocycles. The third-order valence-corrected chi connectivity index (χ3v) is 5.76. The van der Waals surface area contributed by atoms with Gasteiger partial charge in [-0.1, -0.05) is 82.1 Å². The second-order valence-electron chi connectivity index (χ2n) is 8.10. The third kappa shape index (κ3) is 6.38. The number of benzene rings is 3. The maximum absolute atomic E-state index is 3.36. The first-order chi connectivity index (χ1) is 15.1. The lowest BCUT2D eigenvalue weighted by Gasteiger charge is -2.07. The highest BCUT2D eigenvalue weighted by Gasteiger charge is 2.02. The Morgan fingerprint density at radius 2 is 1.26 bits per heavy atom. The van der Waals surface area contributed by atoms with Gasteiger partial charge in [0.1, 0.15) is 0 Å². The molecule has 0 heterocycles. The lowest BCUT2D eigenvalue weighted by atomic mass is 9.97. The van der Waals surface area contributed by atoms with E-state index < -0.39 is 0 Å². The van der Waals surface area contributed by atoms with E-state index in [1.165, 1.54) is 23.1 Å². The Morgan fingerprint density at radius 3 is 1.87 bits per heavy atom. The molecule has 3 aromatic rings. The minimum atomic E-state index is 0.594. The van der Waals surface area contributed by atoms with Gasteiger partial charge in [0.25, 0.3) is 0 Å². The summed E-state index contributed by atoms with van der Waals surface area (Å²) in [6, 6.07) is 23.6. The first kappa shape index (κ1) is 22.5. The van der Waals surface area contributed by atoms with Crippen LogP contribution in [0.1, 0.15) is 85.4 Å². The molecule has 0 saturated heterocycles. The number of rotatable bonds is 5. The van der Waals surface area contributed by atoms with Gasteiger partial charge in [0.2, 0.25) is 0 Å². The van der Waals surface area contributed by atoms with Crippen molar-refractivity contribution in [3.8, 4) is 23.7 Å². The van der Waals surface area contributed by atoms with Crippen molar-refractivity contribution in [3.05, 3.63) is 106 Å². The van der Waals surface area contributed by atoms with Crippen molar-refractivity contribution in [3.63, 3.8) is 0 Å². The Labute approximate surface area is 188 Å². The van der Waals surface area contributed by atoms with Crippen molar-refractivity contribution in [2.24, 2.45) is 0 Å². The lowest BCUT2D eigenvalue weighted by Crippen LogP contribution is -1.91. The van der Waals surface area contributed by atoms with E-state index in [1.54, 1.807) is 0 Å². The van der Waals surface area contributed by atoms with E-state index >= 15 is 0 Å². The highest BCUT2D eigenvalue weighted by atomic mass is 14.1. The largest absolute Gasteiger partial charge is 0.0651 e. The standard InChI is InChI=1S/C31H32/c1-5-8-25-9-11-26(12-10-25)17-21-31-22-18-28(23-29(31)7-3)14-13-27-15-19-30(20-16-27)24(4)6-2/h9-12,15-16,18-20,22-24H,5-8H2,1-4H3. The molecule has 0 aliphatic heterocycles. The molecule has 0 heteroatoms. The van der Waals surface area contributed by atoms with Gasteiger partial charge in [-0.2, -0.15) is 0 Å². The Hall–Kier alpha value is -3.22. The fraction of sp³-hybridized carbons (Fsp3) is 0.290. The minimum Gasteiger partial charge on any atom is -0.0651 e. The van der Waals surface area contributed by atoms with Gasteiger partial charge < -0.3 is 0 Å². The molecule has 3 rings (SSSR count). The molecule has 0 aliphatic carbocycles. The van der Waals surface area contributed by atoms with Gasteiger partial charge in [0.05, 0.1) is 0 Å². The second-order valence-corrected chi connectivity index (χ2v) is 8.10. The van der Waals surface area contributed by atoms with Crippen LogP contribution in [0.5, 0.6) is 0 Å². The van der Waals surface area contributed by atoms with Gasteiger partial charge in [-0.25, -0.2) is 0 Å². The quantitative estimate of drug-likeness (QED) is 0.386. The number of hydrogen-bond donors (Lipinski definition) is 0. The van der Waals surface area contributed by atoms with Crippen LogP contribution < -0.4 is 0 Å². The van der Waals surface area contributed by atoms with Gasteiger partial charge in [-0.15, -0.1) is 0 Å². The summed E-state index contributed by atoms with van der Waals surface area (Å²) in [4.78, 5) is 0. The van der Waals surface area contributed by atoms with Crippen LogP contribution in [0, 0.1) is 23.7 Å². The topological polar surface area (TPSA) is 0 Å². The summed E-state index contributed by atoms with van der Waals surface area (Å²) in [7, 11) is 0. The molecule has 1 unspecified atom stereocenters. The predicted octanol–water partition coefficient (Wildman–Crippen LogP) is 7.51. The molecule has 0 fully saturated rings. The van der Waals surface area contributed by atoms with Crippen molar-refractivity contribution < 1.29 is 0 Å². The van der Waals surface area contributed by atoms with Crippen molar-refractivity contribution in [1.82, 2.24) is 0 Å². The summed E-state index contributed by atoms with van der Waals surface area (Å²) >= 11 is 0. The maximum atomic E-state index is 3.36. The van der Waals surface area contributed by atoms with Crippen LogP contribution in [-0.2, 0) is 12.8 Å². The molecule has 0 nitrogen and oxygen atoms in total. The summed E-state index contributed by atoms with van der Waals surface area (Å²) in [5, 5.41) is 0. The second kappa shape index (κ2) is 11.2. The van der Waals surface area contributed by atoms with Gasteiger partial charge in [0, 0.05) is 22.3 Å². The zero-order valence-electron chi connectivity index (χ0n) is 19.3. The summed E-state index contributed by atoms with van der Waals surface area (Å²) in [5.41, 5.74) is 8.24. The van der Waals surface area contributed by atoms with E-state index in [1.807, 2.05) is 0 Å². The monoisotopic (exact) mass is 404 g/mol. The third-order valence-electron chi connectivity index (χ3n) is 5.76. The molecule has 31 heavy (non-hydrogen) atoms. The van der Waals surface area contributed by atoms with Crippen LogP contribution in [-0.4, -0.2) is 0 Å². The minimum absolute atomic E-state index is 0.594. The van der Waals surface area contributed by atoms with E-state index in [0.29, 0.717) is 5.92 Å². The molecule has 0 amide bonds. The Kier molecular flexibility index (Phi) is 8.15. The van der Waals surface area contributed by atoms with Crippen molar-refractivity contribution in [2.45, 2.75) is 59.3 Å². The summed E-state index contributed by atoms with van der Waals surface area (Å²) < 4.78 is 0. The SMILES string of the molecule is CCCc1ccc(C#Cc2ccc(C#Cc3ccc(C(C)CC)cc3)cc2CC)cc1. The van der Waals surface area contributed by atoms with Crippen LogP contribution in [0.4, 0.5) is 0 Å². The molecular weight excluding hydrogens is 372 g/mol. The first-order valence-corrected chi connectivity index (χ1v) is 11.5. The number of hydrogen-bond acceptors (Lipinski definition) is 0. The normalized spacial score (nSPS) is 11.1. The molecule has 0 bridgehead atoms. The van der Waals surface area contributed by atoms with E-state index in [9.17, 15) is 0 Å². The van der Waals surface area contributed by atoms with E-state index in [2.05, 4.69) is 118 Å². The molecule has 0 saturated carbocycles. The molecule has 156 valence electrons. The number of aryl methyl sites for hydroxylation is 2. The first-order valence-electron chi connectivity index (χ1n) is 11.5. The highest BCUT2D eigenvalue weighted by molar-refractivity contribution is 5.52. The molecule has 0 aliphatic rings. The van der Waals surface area contributed by atoms with E-state index in [-0.39, 0.29) is 0 Å². The van der Waals surface area contributed by atoms with Gasteiger partial charge >= 0.3 is 0 Å². The summed E-state index contributed by atoms with van der Waals surface area (Å²) in [6.45, 7) is 8.86. The fourth-order valence-corrected chi connectivity index (χ4v) is 3.54. The van der Waals surface area contributed by atoms with Crippen LogP contribution in [0.15, 0.2) is 66.7 Å². The van der Waals surface area contributed by atoms with Gasteiger partial charge in [-0.3, -0.25) is 0 Å². The van der Waals surface area contributed by atoms with Gasteiger partial charge in [0.15, 0.2) is 0 Å². The Morgan fingerprint density at radius 1 is 0.677 bits per heavy atom. The molecule has 0 N–H and O–H groups in total. The van der Waals surface area contributed by atoms with E-state index in [4.69, 9.17) is 0 Å². The van der Waals surface area contributed by atoms with Crippen molar-refractivity contribution in [1.29, 1.82) is 0 Å². The van der Waals surface area contributed by atoms with Crippen molar-refractivity contribution >= 4 is 0 Å². The summed E-state index contributed by atoms with van der Waals surface area (Å²) in [5.74, 6) is 13.9. The average molecular weight is 405 g/mol. The molecule has 0 radical (unpaired) electrons. The van der Waals surface area contributed by atoms with E-state index in [0.717, 1.165) is 41.5 Å². The van der Waals surface area contributed by atoms with Crippen LogP contribution in [0.25, 0.3) is 0 Å². The maximum Gasteiger partial charge on any atom is 0.0281 e. The molecular formula is C31H32. The zero-order valence-corrected chi connectivity index (χ0v) is 19.3. The summed E-state index contributed by atoms with van der Waals surface area (Å²) in [6.07, 6.45) is 4.39. The molecule has 3 aromatic carbocycles. The van der Waals surface area contributed by atoms with Crippen LogP contribution in [0.3, 0.4) is 0 Å². The van der Waals surface area contributed by atoms with Crippen LogP contribution >= 0.6 is 0 Å². The Bertz CT molecular complexity index is 1110. The predicted molar refractivity (Wildman–Crippen MR) is 133 cm³/mol. The Balaban J connectivity index is 1.76. The average Bonchev–Trinajstić information content (AvgIpc) is 2.82. The van der Waals surface area contributed by atoms with Gasteiger partial charge in [-0.05, 0) is 84.3 Å². The molecule has 1 atom stereocenters. The molecule has 0 spiro atoms. The smallest absolute Gasteiger partial charge is 0.0281 e. The van der Waals surface area contributed by atoms with Crippen LogP contribution in [0.2, 0.25) is 0 Å².